The van der Waals surface area contributed by atoms with Gasteiger partial charge in [0.25, 0.3) is 5.91 Å². The van der Waals surface area contributed by atoms with Crippen molar-refractivity contribution in [3.05, 3.63) is 54.6 Å². The topological polar surface area (TPSA) is 83.1 Å². The van der Waals surface area contributed by atoms with Gasteiger partial charge in [-0.25, -0.2) is 4.98 Å². The number of aromatic nitrogens is 3. The largest absolute Gasteiger partial charge is 0.374 e. The molecule has 2 N–H and O–H groups in total. The monoisotopic (exact) mass is 351 g/mol. The number of nitrogens with zero attached hydrogens (tertiary/aromatic N) is 3. The van der Waals surface area contributed by atoms with E-state index in [9.17, 15) is 4.79 Å². The Morgan fingerprint density at radius 3 is 3.19 bits per heavy atom. The van der Waals surface area contributed by atoms with Crippen molar-refractivity contribution in [2.24, 2.45) is 0 Å². The SMILES string of the molecule is O=C(NCC1CN(c2cnccn2)CCCO1)c1ccc2[nH]ccc2c1. The molecular weight excluding hydrogens is 330 g/mol. The number of hydrogen-bond donors (Lipinski definition) is 2. The highest BCUT2D eigenvalue weighted by atomic mass is 16.5. The van der Waals surface area contributed by atoms with E-state index in [0.29, 0.717) is 25.3 Å². The molecule has 2 aromatic heterocycles. The third-order valence-corrected chi connectivity index (χ3v) is 4.53. The van der Waals surface area contributed by atoms with E-state index in [1.54, 1.807) is 18.6 Å². The highest BCUT2D eigenvalue weighted by molar-refractivity contribution is 5.98. The number of anilines is 1. The minimum Gasteiger partial charge on any atom is -0.374 e. The summed E-state index contributed by atoms with van der Waals surface area (Å²) in [4.78, 5) is 26.3. The summed E-state index contributed by atoms with van der Waals surface area (Å²) in [5.74, 6) is 0.749. The van der Waals surface area contributed by atoms with Gasteiger partial charge in [0.1, 0.15) is 5.82 Å². The molecule has 1 unspecified atom stereocenters. The van der Waals surface area contributed by atoms with Crippen molar-refractivity contribution < 1.29 is 9.53 Å². The molecule has 0 bridgehead atoms. The van der Waals surface area contributed by atoms with Gasteiger partial charge in [0.15, 0.2) is 0 Å². The first-order valence-corrected chi connectivity index (χ1v) is 8.77. The fourth-order valence-corrected chi connectivity index (χ4v) is 3.18. The molecule has 4 rings (SSSR count). The second-order valence-corrected chi connectivity index (χ2v) is 6.35. The molecule has 0 radical (unpaired) electrons. The Morgan fingerprint density at radius 1 is 1.35 bits per heavy atom. The molecule has 1 fully saturated rings. The quantitative estimate of drug-likeness (QED) is 0.751. The number of rotatable bonds is 4. The first kappa shape index (κ1) is 16.5. The van der Waals surface area contributed by atoms with Crippen molar-refractivity contribution in [3.8, 4) is 0 Å². The number of hydrogen-bond acceptors (Lipinski definition) is 5. The molecule has 134 valence electrons. The molecular formula is C19H21N5O2. The number of fused-ring (bicyclic) bond motifs is 1. The predicted octanol–water partition coefficient (Wildman–Crippen LogP) is 1.98. The molecule has 1 atom stereocenters. The molecule has 0 spiro atoms. The van der Waals surface area contributed by atoms with Crippen LogP contribution in [0.3, 0.4) is 0 Å². The van der Waals surface area contributed by atoms with Crippen molar-refractivity contribution in [2.45, 2.75) is 12.5 Å². The fourth-order valence-electron chi connectivity index (χ4n) is 3.18. The zero-order chi connectivity index (χ0) is 17.8. The molecule has 7 heteroatoms. The van der Waals surface area contributed by atoms with Crippen LogP contribution in [0.2, 0.25) is 0 Å². The van der Waals surface area contributed by atoms with Crippen molar-refractivity contribution in [3.63, 3.8) is 0 Å². The first-order chi connectivity index (χ1) is 12.8. The maximum Gasteiger partial charge on any atom is 0.251 e. The zero-order valence-electron chi connectivity index (χ0n) is 14.4. The van der Waals surface area contributed by atoms with Crippen LogP contribution in [0.4, 0.5) is 5.82 Å². The summed E-state index contributed by atoms with van der Waals surface area (Å²) < 4.78 is 5.89. The van der Waals surface area contributed by atoms with Gasteiger partial charge in [-0.1, -0.05) is 0 Å². The molecule has 1 saturated heterocycles. The van der Waals surface area contributed by atoms with Crippen LogP contribution in [-0.4, -0.2) is 53.2 Å². The van der Waals surface area contributed by atoms with E-state index in [-0.39, 0.29) is 12.0 Å². The van der Waals surface area contributed by atoms with Crippen LogP contribution in [0, 0.1) is 0 Å². The maximum absolute atomic E-state index is 12.5. The summed E-state index contributed by atoms with van der Waals surface area (Å²) in [6, 6.07) is 7.59. The van der Waals surface area contributed by atoms with Gasteiger partial charge in [-0.15, -0.1) is 0 Å². The average molecular weight is 351 g/mol. The molecule has 0 aliphatic carbocycles. The molecule has 3 aromatic rings. The summed E-state index contributed by atoms with van der Waals surface area (Å²) in [7, 11) is 0. The summed E-state index contributed by atoms with van der Waals surface area (Å²) in [6.07, 6.45) is 7.82. The average Bonchev–Trinajstić information content (AvgIpc) is 3.03. The minimum absolute atomic E-state index is 0.0838. The first-order valence-electron chi connectivity index (χ1n) is 8.77. The number of benzene rings is 1. The van der Waals surface area contributed by atoms with E-state index in [0.717, 1.165) is 29.7 Å². The van der Waals surface area contributed by atoms with Gasteiger partial charge in [-0.3, -0.25) is 9.78 Å². The maximum atomic E-state index is 12.5. The number of amides is 1. The smallest absolute Gasteiger partial charge is 0.251 e. The Morgan fingerprint density at radius 2 is 2.31 bits per heavy atom. The lowest BCUT2D eigenvalue weighted by Gasteiger charge is -2.24. The Hall–Kier alpha value is -2.93. The summed E-state index contributed by atoms with van der Waals surface area (Å²) in [5.41, 5.74) is 1.67. The van der Waals surface area contributed by atoms with Gasteiger partial charge in [0.05, 0.1) is 12.3 Å². The van der Waals surface area contributed by atoms with Crippen LogP contribution in [0.25, 0.3) is 10.9 Å². The molecule has 1 aromatic carbocycles. The molecule has 26 heavy (non-hydrogen) atoms. The lowest BCUT2D eigenvalue weighted by atomic mass is 10.1. The van der Waals surface area contributed by atoms with Crippen LogP contribution in [0.1, 0.15) is 16.8 Å². The highest BCUT2D eigenvalue weighted by Crippen LogP contribution is 2.15. The Kier molecular flexibility index (Phi) is 4.79. The number of ether oxygens (including phenoxy) is 1. The van der Waals surface area contributed by atoms with Crippen LogP contribution >= 0.6 is 0 Å². The number of H-pyrrole nitrogens is 1. The predicted molar refractivity (Wildman–Crippen MR) is 99.2 cm³/mol. The molecule has 1 aliphatic rings. The van der Waals surface area contributed by atoms with Gasteiger partial charge >= 0.3 is 0 Å². The third-order valence-electron chi connectivity index (χ3n) is 4.53. The molecule has 3 heterocycles. The van der Waals surface area contributed by atoms with E-state index in [1.807, 2.05) is 30.5 Å². The van der Waals surface area contributed by atoms with Crippen molar-refractivity contribution >= 4 is 22.6 Å². The van der Waals surface area contributed by atoms with Crippen LogP contribution in [-0.2, 0) is 4.74 Å². The minimum atomic E-state index is -0.0907. The van der Waals surface area contributed by atoms with Gasteiger partial charge in [-0.05, 0) is 30.7 Å². The fraction of sp³-hybridized carbons (Fsp3) is 0.316. The summed E-state index contributed by atoms with van der Waals surface area (Å²) >= 11 is 0. The molecule has 0 saturated carbocycles. The Labute approximate surface area is 151 Å². The van der Waals surface area contributed by atoms with E-state index >= 15 is 0 Å². The molecule has 1 aliphatic heterocycles. The van der Waals surface area contributed by atoms with E-state index in [4.69, 9.17) is 4.74 Å². The number of carbonyl (C=O) groups is 1. The van der Waals surface area contributed by atoms with Crippen molar-refractivity contribution in [1.82, 2.24) is 20.3 Å². The highest BCUT2D eigenvalue weighted by Gasteiger charge is 2.20. The van der Waals surface area contributed by atoms with Crippen molar-refractivity contribution in [2.75, 3.05) is 31.1 Å². The summed E-state index contributed by atoms with van der Waals surface area (Å²) in [5, 5.41) is 4.01. The third kappa shape index (κ3) is 3.67. The van der Waals surface area contributed by atoms with Crippen LogP contribution in [0.15, 0.2) is 49.1 Å². The summed E-state index contributed by atoms with van der Waals surface area (Å²) in [6.45, 7) is 2.68. The lowest BCUT2D eigenvalue weighted by molar-refractivity contribution is 0.0639. The van der Waals surface area contributed by atoms with Crippen molar-refractivity contribution in [1.29, 1.82) is 0 Å². The second kappa shape index (κ2) is 7.53. The van der Waals surface area contributed by atoms with E-state index in [1.165, 1.54) is 0 Å². The normalized spacial score (nSPS) is 17.8. The number of aromatic amines is 1. The lowest BCUT2D eigenvalue weighted by Crippen LogP contribution is -2.40. The zero-order valence-corrected chi connectivity index (χ0v) is 14.4. The van der Waals surface area contributed by atoms with E-state index < -0.39 is 0 Å². The van der Waals surface area contributed by atoms with Gasteiger partial charge in [-0.2, -0.15) is 0 Å². The molecule has 7 nitrogen and oxygen atoms in total. The number of nitrogens with one attached hydrogen (secondary N) is 2. The van der Waals surface area contributed by atoms with Crippen LogP contribution < -0.4 is 10.2 Å². The van der Waals surface area contributed by atoms with E-state index in [2.05, 4.69) is 25.2 Å². The standard InChI is InChI=1S/C19H21N5O2/c25-19(15-2-3-17-14(10-15)4-5-21-17)23-11-16-13-24(8-1-9-26-16)18-12-20-6-7-22-18/h2-7,10,12,16,21H,1,8-9,11,13H2,(H,23,25). The van der Waals surface area contributed by atoms with Gasteiger partial charge in [0, 0.05) is 61.3 Å². The Balaban J connectivity index is 1.38. The molecule has 1 amide bonds. The van der Waals surface area contributed by atoms with Gasteiger partial charge in [0.2, 0.25) is 0 Å². The number of carbonyl (C=O) groups excluding carboxylic acids is 1. The second-order valence-electron chi connectivity index (χ2n) is 6.35. The van der Waals surface area contributed by atoms with Gasteiger partial charge < -0.3 is 19.9 Å². The van der Waals surface area contributed by atoms with Crippen LogP contribution in [0.5, 0.6) is 0 Å². The Bertz CT molecular complexity index is 880.